The zero-order valence-electron chi connectivity index (χ0n) is 6.25. The molecule has 0 spiro atoms. The van der Waals surface area contributed by atoms with E-state index in [1.54, 1.807) is 0 Å². The van der Waals surface area contributed by atoms with Gasteiger partial charge < -0.3 is 0 Å². The minimum absolute atomic E-state index is 1.24. The summed E-state index contributed by atoms with van der Waals surface area (Å²) in [4.78, 5) is 0. The van der Waals surface area contributed by atoms with Crippen LogP contribution in [0.3, 0.4) is 0 Å². The minimum Gasteiger partial charge on any atom is -0.123 e. The van der Waals surface area contributed by atoms with Gasteiger partial charge in [0.05, 0.1) is 0 Å². The first kappa shape index (κ1) is 7.35. The van der Waals surface area contributed by atoms with Crippen LogP contribution in [0.25, 0.3) is 6.08 Å². The topological polar surface area (TPSA) is 0 Å². The normalized spacial score (nSPS) is 10.4. The van der Waals surface area contributed by atoms with Crippen molar-refractivity contribution >= 4 is 23.1 Å². The molecule has 0 radical (unpaired) electrons. The molecule has 0 saturated carbocycles. The predicted molar refractivity (Wildman–Crippen MR) is 52.6 cm³/mol. The van der Waals surface area contributed by atoms with Gasteiger partial charge in [-0.2, -0.15) is 0 Å². The van der Waals surface area contributed by atoms with Gasteiger partial charge in [-0.15, -0.1) is 5.98 Å². The summed E-state index contributed by atoms with van der Waals surface area (Å²) < 4.78 is 0. The van der Waals surface area contributed by atoms with Crippen molar-refractivity contribution in [3.05, 3.63) is 41.9 Å². The SMILES string of the molecule is [SiH3]BC=Cc1ccccc1. The van der Waals surface area contributed by atoms with Crippen LogP contribution in [-0.4, -0.2) is 17.0 Å². The highest BCUT2D eigenvalue weighted by Crippen LogP contribution is 1.99. The summed E-state index contributed by atoms with van der Waals surface area (Å²) in [6, 6.07) is 10.4. The Kier molecular flexibility index (Phi) is 3.03. The van der Waals surface area contributed by atoms with Crippen molar-refractivity contribution in [1.29, 1.82) is 0 Å². The molecule has 0 bridgehead atoms. The van der Waals surface area contributed by atoms with E-state index in [4.69, 9.17) is 0 Å². The van der Waals surface area contributed by atoms with Gasteiger partial charge in [-0.3, -0.25) is 0 Å². The first-order valence-electron chi connectivity index (χ1n) is 3.65. The van der Waals surface area contributed by atoms with Crippen LogP contribution >= 0.6 is 0 Å². The molecule has 0 atom stereocenters. The Morgan fingerprint density at radius 3 is 2.50 bits per heavy atom. The summed E-state index contributed by atoms with van der Waals surface area (Å²) in [6.45, 7) is 1.24. The van der Waals surface area contributed by atoms with E-state index in [2.05, 4.69) is 36.3 Å². The summed E-state index contributed by atoms with van der Waals surface area (Å²) in [6.07, 6.45) is 2.17. The van der Waals surface area contributed by atoms with Gasteiger partial charge in [0.15, 0.2) is 0 Å². The van der Waals surface area contributed by atoms with E-state index in [0.29, 0.717) is 0 Å². The van der Waals surface area contributed by atoms with Crippen molar-refractivity contribution in [3.8, 4) is 0 Å². The van der Waals surface area contributed by atoms with E-state index in [9.17, 15) is 0 Å². The highest BCUT2D eigenvalue weighted by atomic mass is 28.1. The van der Waals surface area contributed by atoms with Crippen molar-refractivity contribution in [2.75, 3.05) is 0 Å². The molecular formula is C8H11BSi. The van der Waals surface area contributed by atoms with Gasteiger partial charge in [-0.05, 0) is 15.7 Å². The molecule has 50 valence electrons. The van der Waals surface area contributed by atoms with Gasteiger partial charge >= 0.3 is 0 Å². The predicted octanol–water partition coefficient (Wildman–Crippen LogP) is 0.374. The molecule has 0 unspecified atom stereocenters. The van der Waals surface area contributed by atoms with Crippen molar-refractivity contribution in [3.63, 3.8) is 0 Å². The zero-order chi connectivity index (χ0) is 7.23. The third-order valence-corrected chi connectivity index (χ3v) is 1.82. The number of benzene rings is 1. The Bertz CT molecular complexity index is 206. The maximum Gasteiger partial charge on any atom is 0.131 e. The number of rotatable bonds is 2. The fourth-order valence-corrected chi connectivity index (χ4v) is 1.05. The van der Waals surface area contributed by atoms with Crippen LogP contribution in [0.5, 0.6) is 0 Å². The monoisotopic (exact) mass is 146 g/mol. The second kappa shape index (κ2) is 4.12. The lowest BCUT2D eigenvalue weighted by atomic mass is 10.1. The van der Waals surface area contributed by atoms with Crippen LogP contribution < -0.4 is 0 Å². The van der Waals surface area contributed by atoms with Gasteiger partial charge in [-0.1, -0.05) is 36.4 Å². The average Bonchev–Trinajstić information content (AvgIpc) is 2.03. The fraction of sp³-hybridized carbons (Fsp3) is 0. The molecule has 0 N–H and O–H groups in total. The Balaban J connectivity index is 2.67. The summed E-state index contributed by atoms with van der Waals surface area (Å²) in [5.74, 6) is 2.22. The molecule has 10 heavy (non-hydrogen) atoms. The lowest BCUT2D eigenvalue weighted by Crippen LogP contribution is -1.78. The molecule has 0 fully saturated rings. The van der Waals surface area contributed by atoms with Crippen molar-refractivity contribution in [2.45, 2.75) is 0 Å². The van der Waals surface area contributed by atoms with E-state index >= 15 is 0 Å². The largest absolute Gasteiger partial charge is 0.131 e. The van der Waals surface area contributed by atoms with Crippen LogP contribution in [0.15, 0.2) is 36.3 Å². The molecule has 1 rings (SSSR count). The minimum atomic E-state index is 1.24. The molecule has 0 nitrogen and oxygen atoms in total. The standard InChI is InChI=1S/C8H11BSi/c10-9-7-6-8-4-2-1-3-5-8/h1-7,9H,10H3. The molecule has 0 amide bonds. The average molecular weight is 146 g/mol. The van der Waals surface area contributed by atoms with Gasteiger partial charge in [0.1, 0.15) is 6.87 Å². The van der Waals surface area contributed by atoms with Crippen molar-refractivity contribution in [2.24, 2.45) is 0 Å². The summed E-state index contributed by atoms with van der Waals surface area (Å²) in [5.41, 5.74) is 1.30. The quantitative estimate of drug-likeness (QED) is 0.529. The van der Waals surface area contributed by atoms with Gasteiger partial charge in [0.25, 0.3) is 0 Å². The van der Waals surface area contributed by atoms with Crippen LogP contribution in [0.4, 0.5) is 0 Å². The molecule has 0 heterocycles. The van der Waals surface area contributed by atoms with E-state index in [1.165, 1.54) is 22.5 Å². The van der Waals surface area contributed by atoms with Gasteiger partial charge in [0, 0.05) is 0 Å². The van der Waals surface area contributed by atoms with Crippen LogP contribution in [0.1, 0.15) is 5.56 Å². The summed E-state index contributed by atoms with van der Waals surface area (Å²) in [5, 5.41) is 0. The molecular weight excluding hydrogens is 135 g/mol. The first-order chi connectivity index (χ1) is 4.93. The Morgan fingerprint density at radius 2 is 1.90 bits per heavy atom. The molecule has 1 aromatic rings. The second-order valence-electron chi connectivity index (χ2n) is 2.22. The van der Waals surface area contributed by atoms with E-state index in [1.807, 2.05) is 6.07 Å². The van der Waals surface area contributed by atoms with E-state index in [0.717, 1.165) is 0 Å². The summed E-state index contributed by atoms with van der Waals surface area (Å²) in [7, 11) is 1.26. The molecule has 0 saturated heterocycles. The fourth-order valence-electron chi connectivity index (χ4n) is 0.818. The Morgan fingerprint density at radius 1 is 1.20 bits per heavy atom. The second-order valence-corrected chi connectivity index (χ2v) is 3.04. The highest BCUT2D eigenvalue weighted by Gasteiger charge is 1.79. The third kappa shape index (κ3) is 2.23. The van der Waals surface area contributed by atoms with Crippen LogP contribution in [0.2, 0.25) is 0 Å². The van der Waals surface area contributed by atoms with E-state index in [-0.39, 0.29) is 0 Å². The van der Waals surface area contributed by atoms with Crippen LogP contribution in [-0.2, 0) is 0 Å². The molecule has 0 aliphatic carbocycles. The smallest absolute Gasteiger partial charge is 0.123 e. The lowest BCUT2D eigenvalue weighted by Gasteiger charge is -1.88. The third-order valence-electron chi connectivity index (χ3n) is 1.35. The van der Waals surface area contributed by atoms with Gasteiger partial charge in [0.2, 0.25) is 0 Å². The van der Waals surface area contributed by atoms with E-state index < -0.39 is 0 Å². The summed E-state index contributed by atoms with van der Waals surface area (Å²) >= 11 is 0. The molecule has 0 aliphatic heterocycles. The first-order valence-corrected chi connectivity index (χ1v) is 5.06. The van der Waals surface area contributed by atoms with Crippen LogP contribution in [0, 0.1) is 0 Å². The maximum absolute atomic E-state index is 2.22. The number of hydrogen-bond acceptors (Lipinski definition) is 0. The maximum atomic E-state index is 2.22. The molecule has 2 heteroatoms. The molecule has 0 aromatic heterocycles. The lowest BCUT2D eigenvalue weighted by molar-refractivity contribution is 1.66. The van der Waals surface area contributed by atoms with Gasteiger partial charge in [-0.25, -0.2) is 0 Å². The Hall–Kier alpha value is -0.758. The molecule has 1 aromatic carbocycles. The molecule has 0 aliphatic rings. The van der Waals surface area contributed by atoms with Crippen molar-refractivity contribution in [1.82, 2.24) is 0 Å². The number of hydrogen-bond donors (Lipinski definition) is 0. The highest BCUT2D eigenvalue weighted by molar-refractivity contribution is 6.92. The van der Waals surface area contributed by atoms with Crippen molar-refractivity contribution < 1.29 is 0 Å². The Labute approximate surface area is 65.6 Å². The zero-order valence-corrected chi connectivity index (χ0v) is 8.25.